The minimum Gasteiger partial charge on any atom is -0.464 e. The zero-order valence-electron chi connectivity index (χ0n) is 21.0. The standard InChI is InChI=1S/C27H37ClN2O5/c1-27(2,3)35-26(32)29-24(19-25(31)34-16-13-30-11-14-33-15-12-30)17-20-7-9-21(10-8-20)22-5-4-6-23(28)18-22/h6-10,18,24H,4-5,11-17,19H2,1-3H3,(H,29,32). The van der Waals surface area contributed by atoms with Crippen molar-refractivity contribution in [3.8, 4) is 0 Å². The molecule has 192 valence electrons. The molecule has 8 heteroatoms. The first-order valence-corrected chi connectivity index (χ1v) is 12.7. The van der Waals surface area contributed by atoms with Gasteiger partial charge in [0.15, 0.2) is 0 Å². The van der Waals surface area contributed by atoms with Gasteiger partial charge in [-0.15, -0.1) is 0 Å². The van der Waals surface area contributed by atoms with E-state index in [0.29, 0.717) is 32.8 Å². The lowest BCUT2D eigenvalue weighted by molar-refractivity contribution is -0.144. The normalized spacial score (nSPS) is 17.7. The second-order valence-electron chi connectivity index (χ2n) is 9.92. The number of amides is 1. The monoisotopic (exact) mass is 504 g/mol. The molecule has 1 saturated heterocycles. The number of nitrogens with zero attached hydrogens (tertiary/aromatic N) is 1. The van der Waals surface area contributed by atoms with E-state index in [-0.39, 0.29) is 12.4 Å². The molecule has 0 bridgehead atoms. The van der Waals surface area contributed by atoms with Crippen molar-refractivity contribution in [1.29, 1.82) is 0 Å². The lowest BCUT2D eigenvalue weighted by Crippen LogP contribution is -2.42. The van der Waals surface area contributed by atoms with Crippen molar-refractivity contribution < 1.29 is 23.8 Å². The Bertz CT molecular complexity index is 914. The summed E-state index contributed by atoms with van der Waals surface area (Å²) >= 11 is 6.16. The topological polar surface area (TPSA) is 77.1 Å². The number of ether oxygens (including phenoxy) is 3. The number of esters is 1. The summed E-state index contributed by atoms with van der Waals surface area (Å²) in [5.74, 6) is -0.343. The number of rotatable bonds is 9. The van der Waals surface area contributed by atoms with Gasteiger partial charge in [-0.1, -0.05) is 41.9 Å². The second-order valence-corrected chi connectivity index (χ2v) is 10.4. The summed E-state index contributed by atoms with van der Waals surface area (Å²) in [4.78, 5) is 27.2. The number of alkyl carbamates (subject to hydrolysis) is 1. The first-order chi connectivity index (χ1) is 16.7. The zero-order chi connectivity index (χ0) is 25.3. The lowest BCUT2D eigenvalue weighted by atomic mass is 9.95. The summed E-state index contributed by atoms with van der Waals surface area (Å²) in [6.07, 6.45) is 5.91. The van der Waals surface area contributed by atoms with Crippen LogP contribution in [0.2, 0.25) is 0 Å². The fraction of sp³-hybridized carbons (Fsp3) is 0.556. The van der Waals surface area contributed by atoms with E-state index in [0.717, 1.165) is 42.1 Å². The number of carbonyl (C=O) groups is 2. The zero-order valence-corrected chi connectivity index (χ0v) is 21.7. The average Bonchev–Trinajstić information content (AvgIpc) is 2.79. The van der Waals surface area contributed by atoms with Crippen molar-refractivity contribution in [1.82, 2.24) is 10.2 Å². The molecule has 1 amide bonds. The number of allylic oxidation sites excluding steroid dienone is 4. The molecule has 7 nitrogen and oxygen atoms in total. The summed E-state index contributed by atoms with van der Waals surface area (Å²) in [6, 6.07) is 7.72. The third-order valence-electron chi connectivity index (χ3n) is 5.78. The van der Waals surface area contributed by atoms with Gasteiger partial charge in [0.1, 0.15) is 12.2 Å². The van der Waals surface area contributed by atoms with Crippen LogP contribution < -0.4 is 5.32 Å². The minimum absolute atomic E-state index is 0.0651. The summed E-state index contributed by atoms with van der Waals surface area (Å²) in [6.45, 7) is 9.51. The maximum absolute atomic E-state index is 12.6. The van der Waals surface area contributed by atoms with E-state index in [9.17, 15) is 9.59 Å². The molecule has 1 atom stereocenters. The van der Waals surface area contributed by atoms with Gasteiger partial charge in [-0.3, -0.25) is 9.69 Å². The Labute approximate surface area is 213 Å². The van der Waals surface area contributed by atoms with Gasteiger partial charge in [-0.25, -0.2) is 4.79 Å². The van der Waals surface area contributed by atoms with Crippen molar-refractivity contribution in [2.24, 2.45) is 0 Å². The largest absolute Gasteiger partial charge is 0.464 e. The average molecular weight is 505 g/mol. The predicted octanol–water partition coefficient (Wildman–Crippen LogP) is 4.69. The molecule has 1 aliphatic carbocycles. The summed E-state index contributed by atoms with van der Waals surface area (Å²) in [7, 11) is 0. The third-order valence-corrected chi connectivity index (χ3v) is 6.04. The summed E-state index contributed by atoms with van der Waals surface area (Å²) in [5.41, 5.74) is 2.71. The Morgan fingerprint density at radius 2 is 1.89 bits per heavy atom. The van der Waals surface area contributed by atoms with Crippen LogP contribution in [-0.2, 0) is 25.4 Å². The quantitative estimate of drug-likeness (QED) is 0.492. The molecule has 1 unspecified atom stereocenters. The number of halogens is 1. The molecular formula is C27H37ClN2O5. The van der Waals surface area contributed by atoms with Crippen LogP contribution in [0.5, 0.6) is 0 Å². The maximum atomic E-state index is 12.6. The molecule has 1 aliphatic heterocycles. The van der Waals surface area contributed by atoms with Crippen LogP contribution in [0, 0.1) is 0 Å². The van der Waals surface area contributed by atoms with E-state index >= 15 is 0 Å². The van der Waals surface area contributed by atoms with E-state index < -0.39 is 17.7 Å². The SMILES string of the molecule is CC(C)(C)OC(=O)NC(CC(=O)OCCN1CCOCC1)Cc1ccc(C2=CC(Cl)=CCC2)cc1. The van der Waals surface area contributed by atoms with Crippen LogP contribution in [0.25, 0.3) is 5.57 Å². The highest BCUT2D eigenvalue weighted by Crippen LogP contribution is 2.28. The van der Waals surface area contributed by atoms with Gasteiger partial charge in [0.25, 0.3) is 0 Å². The van der Waals surface area contributed by atoms with Gasteiger partial charge in [-0.2, -0.15) is 0 Å². The molecule has 2 aliphatic rings. The highest BCUT2D eigenvalue weighted by molar-refractivity contribution is 6.31. The highest BCUT2D eigenvalue weighted by Gasteiger charge is 2.23. The van der Waals surface area contributed by atoms with E-state index in [1.54, 1.807) is 0 Å². The smallest absolute Gasteiger partial charge is 0.407 e. The fourth-order valence-corrected chi connectivity index (χ4v) is 4.29. The third kappa shape index (κ3) is 10.0. The highest BCUT2D eigenvalue weighted by atomic mass is 35.5. The van der Waals surface area contributed by atoms with Gasteiger partial charge in [0.2, 0.25) is 0 Å². The van der Waals surface area contributed by atoms with Crippen molar-refractivity contribution in [2.45, 2.75) is 58.1 Å². The number of benzene rings is 1. The first kappa shape index (κ1) is 27.2. The second kappa shape index (κ2) is 13.1. The number of nitrogens with one attached hydrogen (secondary N) is 1. The van der Waals surface area contributed by atoms with E-state index in [1.807, 2.05) is 45.1 Å². The Morgan fingerprint density at radius 3 is 2.54 bits per heavy atom. The number of hydrogen-bond acceptors (Lipinski definition) is 6. The Hall–Kier alpha value is -2.35. The van der Waals surface area contributed by atoms with Crippen LogP contribution in [0.15, 0.2) is 41.4 Å². The van der Waals surface area contributed by atoms with Crippen LogP contribution >= 0.6 is 11.6 Å². The van der Waals surface area contributed by atoms with Crippen molar-refractivity contribution >= 4 is 29.2 Å². The number of hydrogen-bond donors (Lipinski definition) is 1. The molecule has 1 aromatic carbocycles. The van der Waals surface area contributed by atoms with Gasteiger partial charge in [0, 0.05) is 30.7 Å². The van der Waals surface area contributed by atoms with Crippen molar-refractivity contribution in [2.75, 3.05) is 39.5 Å². The molecule has 1 N–H and O–H groups in total. The minimum atomic E-state index is -0.627. The molecule has 1 heterocycles. The number of carbonyl (C=O) groups excluding carboxylic acids is 2. The molecule has 0 aromatic heterocycles. The van der Waals surface area contributed by atoms with Crippen LogP contribution in [0.1, 0.15) is 51.2 Å². The van der Waals surface area contributed by atoms with E-state index in [1.165, 1.54) is 5.57 Å². The van der Waals surface area contributed by atoms with Gasteiger partial charge >= 0.3 is 12.1 Å². The maximum Gasteiger partial charge on any atom is 0.407 e. The Kier molecular flexibility index (Phi) is 10.2. The van der Waals surface area contributed by atoms with E-state index in [4.69, 9.17) is 25.8 Å². The fourth-order valence-electron chi connectivity index (χ4n) is 4.05. The van der Waals surface area contributed by atoms with E-state index in [2.05, 4.69) is 22.3 Å². The number of morpholine rings is 1. The molecule has 0 saturated carbocycles. The summed E-state index contributed by atoms with van der Waals surface area (Å²) in [5, 5.41) is 3.62. The first-order valence-electron chi connectivity index (χ1n) is 12.3. The van der Waals surface area contributed by atoms with Crippen molar-refractivity contribution in [3.05, 3.63) is 52.6 Å². The van der Waals surface area contributed by atoms with Crippen molar-refractivity contribution in [3.63, 3.8) is 0 Å². The van der Waals surface area contributed by atoms with Crippen LogP contribution in [-0.4, -0.2) is 68.1 Å². The van der Waals surface area contributed by atoms with Crippen LogP contribution in [0.3, 0.4) is 0 Å². The Morgan fingerprint density at radius 1 is 1.17 bits per heavy atom. The lowest BCUT2D eigenvalue weighted by Gasteiger charge is -2.26. The van der Waals surface area contributed by atoms with Gasteiger partial charge in [-0.05, 0) is 62.8 Å². The molecule has 35 heavy (non-hydrogen) atoms. The van der Waals surface area contributed by atoms with Gasteiger partial charge in [0.05, 0.1) is 19.6 Å². The molecular weight excluding hydrogens is 468 g/mol. The van der Waals surface area contributed by atoms with Gasteiger partial charge < -0.3 is 19.5 Å². The van der Waals surface area contributed by atoms with Crippen LogP contribution in [0.4, 0.5) is 4.79 Å². The Balaban J connectivity index is 1.58. The summed E-state index contributed by atoms with van der Waals surface area (Å²) < 4.78 is 16.2. The molecule has 1 aromatic rings. The predicted molar refractivity (Wildman–Crippen MR) is 137 cm³/mol. The molecule has 0 spiro atoms. The molecule has 3 rings (SSSR count). The molecule has 1 fully saturated rings. The molecule has 0 radical (unpaired) electrons.